The van der Waals surface area contributed by atoms with Crippen molar-refractivity contribution in [1.82, 2.24) is 4.81 Å². The fourth-order valence-electron chi connectivity index (χ4n) is 0.462. The molecule has 2 heteroatoms. The summed E-state index contributed by atoms with van der Waals surface area (Å²) < 4.78 is 0. The van der Waals surface area contributed by atoms with Crippen LogP contribution in [-0.2, 0) is 0 Å². The standard InChI is InChI=1S/C6H14BN/c1-6(2)4-5-8(3)7/h6H,4-5H2,1-3H3. The van der Waals surface area contributed by atoms with Crippen LogP contribution in [0.4, 0.5) is 0 Å². The third-order valence-electron chi connectivity index (χ3n) is 1.06. The van der Waals surface area contributed by atoms with E-state index in [0.29, 0.717) is 0 Å². The van der Waals surface area contributed by atoms with E-state index in [2.05, 4.69) is 13.8 Å². The molecule has 0 N–H and O–H groups in total. The van der Waals surface area contributed by atoms with Gasteiger partial charge in [-0.3, -0.25) is 0 Å². The molecule has 0 aliphatic carbocycles. The van der Waals surface area contributed by atoms with Crippen LogP contribution in [0.25, 0.3) is 0 Å². The molecule has 0 heterocycles. The smallest absolute Gasteiger partial charge is 0.182 e. The Morgan fingerprint density at radius 3 is 2.12 bits per heavy atom. The van der Waals surface area contributed by atoms with E-state index >= 15 is 0 Å². The first-order valence-electron chi connectivity index (χ1n) is 3.08. The maximum absolute atomic E-state index is 5.37. The zero-order valence-corrected chi connectivity index (χ0v) is 6.02. The van der Waals surface area contributed by atoms with Gasteiger partial charge in [-0.25, -0.2) is 0 Å². The van der Waals surface area contributed by atoms with Crippen LogP contribution in [0.2, 0.25) is 0 Å². The van der Waals surface area contributed by atoms with Crippen molar-refractivity contribution in [3.8, 4) is 0 Å². The molecule has 0 saturated carbocycles. The fourth-order valence-corrected chi connectivity index (χ4v) is 0.462. The lowest BCUT2D eigenvalue weighted by atomic mass is 10.1. The Morgan fingerprint density at radius 1 is 1.50 bits per heavy atom. The van der Waals surface area contributed by atoms with Crippen molar-refractivity contribution >= 4 is 7.98 Å². The molecule has 2 radical (unpaired) electrons. The molecule has 0 aromatic heterocycles. The van der Waals surface area contributed by atoms with Crippen molar-refractivity contribution in [1.29, 1.82) is 0 Å². The predicted octanol–water partition coefficient (Wildman–Crippen LogP) is 1.05. The van der Waals surface area contributed by atoms with Gasteiger partial charge in [0.25, 0.3) is 0 Å². The Hall–Kier alpha value is 0.0249. The van der Waals surface area contributed by atoms with Gasteiger partial charge in [-0.2, -0.15) is 0 Å². The van der Waals surface area contributed by atoms with Gasteiger partial charge in [-0.15, -0.1) is 0 Å². The summed E-state index contributed by atoms with van der Waals surface area (Å²) in [5, 5.41) is 0. The number of nitrogens with zero attached hydrogens (tertiary/aromatic N) is 1. The van der Waals surface area contributed by atoms with Crippen molar-refractivity contribution in [2.45, 2.75) is 20.3 Å². The zero-order chi connectivity index (χ0) is 6.57. The van der Waals surface area contributed by atoms with E-state index < -0.39 is 0 Å². The minimum Gasteiger partial charge on any atom is -0.356 e. The molecule has 46 valence electrons. The van der Waals surface area contributed by atoms with Crippen LogP contribution >= 0.6 is 0 Å². The molecule has 0 atom stereocenters. The summed E-state index contributed by atoms with van der Waals surface area (Å²) in [5.74, 6) is 0.765. The average Bonchev–Trinajstić information content (AvgIpc) is 1.61. The second kappa shape index (κ2) is 3.96. The highest BCUT2D eigenvalue weighted by Gasteiger charge is 1.92. The molecule has 0 unspecified atom stereocenters. The van der Waals surface area contributed by atoms with Gasteiger partial charge in [-0.05, 0) is 25.9 Å². The van der Waals surface area contributed by atoms with Crippen molar-refractivity contribution in [2.75, 3.05) is 13.6 Å². The van der Waals surface area contributed by atoms with Gasteiger partial charge in [0.15, 0.2) is 7.98 Å². The van der Waals surface area contributed by atoms with Crippen LogP contribution in [0.5, 0.6) is 0 Å². The van der Waals surface area contributed by atoms with Crippen molar-refractivity contribution in [3.63, 3.8) is 0 Å². The molecule has 0 rings (SSSR count). The topological polar surface area (TPSA) is 3.24 Å². The van der Waals surface area contributed by atoms with Crippen LogP contribution in [0.3, 0.4) is 0 Å². The summed E-state index contributed by atoms with van der Waals surface area (Å²) >= 11 is 0. The highest BCUT2D eigenvalue weighted by molar-refractivity contribution is 6.04. The van der Waals surface area contributed by atoms with Crippen molar-refractivity contribution < 1.29 is 0 Å². The molecule has 1 nitrogen and oxygen atoms in total. The molecule has 0 aromatic carbocycles. The SMILES string of the molecule is [B]N(C)CCC(C)C. The molecule has 0 aliphatic heterocycles. The molecular formula is C6H14BN. The Morgan fingerprint density at radius 2 is 2.00 bits per heavy atom. The monoisotopic (exact) mass is 111 g/mol. The summed E-state index contributed by atoms with van der Waals surface area (Å²) in [6.07, 6.45) is 1.19. The first kappa shape index (κ1) is 8.02. The molecule has 0 saturated heterocycles. The van der Waals surface area contributed by atoms with Gasteiger partial charge < -0.3 is 4.81 Å². The Balaban J connectivity index is 2.93. The number of hydrogen-bond donors (Lipinski definition) is 0. The number of rotatable bonds is 3. The highest BCUT2D eigenvalue weighted by Crippen LogP contribution is 1.97. The van der Waals surface area contributed by atoms with Crippen LogP contribution in [-0.4, -0.2) is 26.4 Å². The third kappa shape index (κ3) is 6.02. The molecular weight excluding hydrogens is 96.9 g/mol. The lowest BCUT2D eigenvalue weighted by Crippen LogP contribution is -2.16. The molecule has 0 amide bonds. The maximum Gasteiger partial charge on any atom is 0.182 e. The summed E-state index contributed by atoms with van der Waals surface area (Å²) in [6.45, 7) is 5.39. The minimum absolute atomic E-state index is 0.765. The minimum atomic E-state index is 0.765. The van der Waals surface area contributed by atoms with E-state index in [1.165, 1.54) is 6.42 Å². The van der Waals surface area contributed by atoms with Gasteiger partial charge in [0, 0.05) is 0 Å². The molecule has 8 heavy (non-hydrogen) atoms. The van der Waals surface area contributed by atoms with Gasteiger partial charge in [0.1, 0.15) is 0 Å². The Bertz CT molecular complexity index is 44.5. The summed E-state index contributed by atoms with van der Waals surface area (Å²) in [4.78, 5) is 1.72. The van der Waals surface area contributed by atoms with Crippen LogP contribution in [0.1, 0.15) is 20.3 Å². The van der Waals surface area contributed by atoms with Crippen molar-refractivity contribution in [2.24, 2.45) is 5.92 Å². The molecule has 0 fully saturated rings. The lowest BCUT2D eigenvalue weighted by Gasteiger charge is -2.10. The van der Waals surface area contributed by atoms with Gasteiger partial charge in [0.2, 0.25) is 0 Å². The predicted molar refractivity (Wildman–Crippen MR) is 37.8 cm³/mol. The second-order valence-corrected chi connectivity index (χ2v) is 2.66. The van der Waals surface area contributed by atoms with Gasteiger partial charge in [-0.1, -0.05) is 13.8 Å². The largest absolute Gasteiger partial charge is 0.356 e. The third-order valence-corrected chi connectivity index (χ3v) is 1.06. The Labute approximate surface area is 53.5 Å². The van der Waals surface area contributed by atoms with Gasteiger partial charge >= 0.3 is 0 Å². The van der Waals surface area contributed by atoms with E-state index in [1.807, 2.05) is 7.05 Å². The van der Waals surface area contributed by atoms with Crippen LogP contribution < -0.4 is 0 Å². The lowest BCUT2D eigenvalue weighted by molar-refractivity contribution is 0.461. The van der Waals surface area contributed by atoms with Gasteiger partial charge in [0.05, 0.1) is 0 Å². The quantitative estimate of drug-likeness (QED) is 0.492. The first-order valence-corrected chi connectivity index (χ1v) is 3.08. The average molecular weight is 111 g/mol. The van der Waals surface area contributed by atoms with E-state index in [1.54, 1.807) is 4.81 Å². The van der Waals surface area contributed by atoms with Crippen molar-refractivity contribution in [3.05, 3.63) is 0 Å². The van der Waals surface area contributed by atoms with E-state index in [9.17, 15) is 0 Å². The second-order valence-electron chi connectivity index (χ2n) is 2.66. The number of hydrogen-bond acceptors (Lipinski definition) is 1. The van der Waals surface area contributed by atoms with Crippen LogP contribution in [0, 0.1) is 5.92 Å². The molecule has 0 bridgehead atoms. The van der Waals surface area contributed by atoms with E-state index in [-0.39, 0.29) is 0 Å². The molecule has 0 aromatic rings. The van der Waals surface area contributed by atoms with Crippen LogP contribution in [0.15, 0.2) is 0 Å². The Kier molecular flexibility index (Phi) is 3.97. The molecule has 0 spiro atoms. The van der Waals surface area contributed by atoms with E-state index in [4.69, 9.17) is 7.98 Å². The zero-order valence-electron chi connectivity index (χ0n) is 6.02. The van der Waals surface area contributed by atoms with E-state index in [0.717, 1.165) is 12.5 Å². The summed E-state index contributed by atoms with van der Waals surface area (Å²) in [5.41, 5.74) is 0. The first-order chi connectivity index (χ1) is 3.63. The summed E-state index contributed by atoms with van der Waals surface area (Å²) in [6, 6.07) is 0. The molecule has 0 aliphatic rings. The normalized spacial score (nSPS) is 11.1. The fraction of sp³-hybridized carbons (Fsp3) is 1.00. The maximum atomic E-state index is 5.37. The highest BCUT2D eigenvalue weighted by atomic mass is 15.0. The summed E-state index contributed by atoms with van der Waals surface area (Å²) in [7, 11) is 7.27.